The predicted octanol–water partition coefficient (Wildman–Crippen LogP) is 10.7. The molecule has 0 aliphatic heterocycles. The Morgan fingerprint density at radius 1 is 0.921 bits per heavy atom. The zero-order valence-corrected chi connectivity index (χ0v) is 26.2. The van der Waals surface area contributed by atoms with Crippen molar-refractivity contribution in [3.63, 3.8) is 0 Å². The number of esters is 1. The van der Waals surface area contributed by atoms with Gasteiger partial charge in [0.15, 0.2) is 0 Å². The van der Waals surface area contributed by atoms with Gasteiger partial charge < -0.3 is 4.74 Å². The highest BCUT2D eigenvalue weighted by atomic mass is 16.5. The fraction of sp³-hybridized carbons (Fsp3) is 0.917. The molecule has 0 radical (unpaired) electrons. The number of ether oxygens (including phenoxy) is 1. The molecule has 3 fully saturated rings. The number of carbonyl (C=O) groups is 1. The monoisotopic (exact) mass is 526 g/mol. The van der Waals surface area contributed by atoms with Crippen molar-refractivity contribution in [3.8, 4) is 0 Å². The van der Waals surface area contributed by atoms with Crippen molar-refractivity contribution in [2.24, 2.45) is 46.3 Å². The first-order valence-electron chi connectivity index (χ1n) is 17.1. The molecule has 0 bridgehead atoms. The molecule has 218 valence electrons. The maximum Gasteiger partial charge on any atom is 0.306 e. The Labute approximate surface area is 236 Å². The number of hydrogen-bond donors (Lipinski definition) is 0. The summed E-state index contributed by atoms with van der Waals surface area (Å²) in [4.78, 5) is 12.6. The summed E-state index contributed by atoms with van der Waals surface area (Å²) in [5.41, 5.74) is 2.54. The third-order valence-electron chi connectivity index (χ3n) is 12.3. The van der Waals surface area contributed by atoms with Gasteiger partial charge >= 0.3 is 5.97 Å². The van der Waals surface area contributed by atoms with E-state index in [1.807, 2.05) is 0 Å². The van der Waals surface area contributed by atoms with Gasteiger partial charge in [-0.05, 0) is 97.7 Å². The van der Waals surface area contributed by atoms with Crippen molar-refractivity contribution < 1.29 is 9.53 Å². The van der Waals surface area contributed by atoms with Crippen molar-refractivity contribution in [3.05, 3.63) is 11.6 Å². The molecule has 8 atom stereocenters. The Morgan fingerprint density at radius 3 is 2.45 bits per heavy atom. The molecule has 0 aromatic heterocycles. The molecule has 0 aromatic carbocycles. The van der Waals surface area contributed by atoms with Crippen LogP contribution in [-0.2, 0) is 9.53 Å². The van der Waals surface area contributed by atoms with Crippen LogP contribution in [-0.4, -0.2) is 12.1 Å². The van der Waals surface area contributed by atoms with E-state index in [1.54, 1.807) is 5.57 Å². The summed E-state index contributed by atoms with van der Waals surface area (Å²) in [6, 6.07) is 0. The number of hydrogen-bond acceptors (Lipinski definition) is 2. The molecule has 0 amide bonds. The van der Waals surface area contributed by atoms with E-state index >= 15 is 0 Å². The van der Waals surface area contributed by atoms with E-state index < -0.39 is 0 Å². The van der Waals surface area contributed by atoms with E-state index in [9.17, 15) is 4.79 Å². The summed E-state index contributed by atoms with van der Waals surface area (Å²) in [6.45, 7) is 14.9. The van der Waals surface area contributed by atoms with E-state index in [0.29, 0.717) is 17.3 Å². The summed E-state index contributed by atoms with van der Waals surface area (Å²) < 4.78 is 6.04. The number of unbranched alkanes of at least 4 members (excludes halogenated alkanes) is 5. The minimum absolute atomic E-state index is 0.0522. The fourth-order valence-electron chi connectivity index (χ4n) is 10.0. The van der Waals surface area contributed by atoms with Crippen LogP contribution >= 0.6 is 0 Å². The van der Waals surface area contributed by atoms with Gasteiger partial charge in [0, 0.05) is 12.8 Å². The number of rotatable bonds is 13. The molecule has 2 heteroatoms. The van der Waals surface area contributed by atoms with Crippen LogP contribution in [0.3, 0.4) is 0 Å². The van der Waals surface area contributed by atoms with Gasteiger partial charge in [0.05, 0.1) is 0 Å². The molecule has 38 heavy (non-hydrogen) atoms. The highest BCUT2D eigenvalue weighted by Crippen LogP contribution is 2.67. The average molecular weight is 527 g/mol. The fourth-order valence-corrected chi connectivity index (χ4v) is 10.0. The standard InChI is InChI=1S/C36H62O2/c1-7-8-9-10-11-12-16-34(37)38-29-21-23-35(5)28(25-29)17-18-30-32-20-19-31(27(4)15-13-14-26(2)3)36(32,6)24-22-33(30)35/h17,26-27,29-33H,7-16,18-25H2,1-6H3/t27?,29?,30?,31-,32?,33?,35?,36?/m1/s1. The second-order valence-electron chi connectivity index (χ2n) is 15.2. The quantitative estimate of drug-likeness (QED) is 0.135. The van der Waals surface area contributed by atoms with Gasteiger partial charge in [-0.25, -0.2) is 0 Å². The molecule has 3 saturated carbocycles. The Bertz CT molecular complexity index is 797. The third kappa shape index (κ3) is 6.57. The molecule has 0 aromatic rings. The SMILES string of the molecule is CCCCCCCCC(=O)OC1CCC2(C)C(=CCC3C2CCC2(C)C3CC[C@@H]2C(C)CCCC(C)C)C1. The van der Waals surface area contributed by atoms with E-state index in [1.165, 1.54) is 89.9 Å². The molecule has 0 N–H and O–H groups in total. The summed E-state index contributed by atoms with van der Waals surface area (Å²) in [7, 11) is 0. The van der Waals surface area contributed by atoms with Crippen LogP contribution in [0.4, 0.5) is 0 Å². The first kappa shape index (κ1) is 30.2. The topological polar surface area (TPSA) is 26.3 Å². The summed E-state index contributed by atoms with van der Waals surface area (Å²) in [5, 5.41) is 0. The van der Waals surface area contributed by atoms with Crippen LogP contribution in [0.1, 0.15) is 157 Å². The second-order valence-corrected chi connectivity index (χ2v) is 15.2. The van der Waals surface area contributed by atoms with Gasteiger partial charge in [-0.3, -0.25) is 4.79 Å². The van der Waals surface area contributed by atoms with Gasteiger partial charge in [-0.15, -0.1) is 0 Å². The highest BCUT2D eigenvalue weighted by molar-refractivity contribution is 5.69. The van der Waals surface area contributed by atoms with E-state index in [0.717, 1.165) is 54.8 Å². The second kappa shape index (κ2) is 13.2. The molecule has 0 saturated heterocycles. The van der Waals surface area contributed by atoms with Crippen LogP contribution in [0, 0.1) is 46.3 Å². The van der Waals surface area contributed by atoms with Crippen LogP contribution in [0.2, 0.25) is 0 Å². The zero-order valence-electron chi connectivity index (χ0n) is 26.2. The van der Waals surface area contributed by atoms with Crippen molar-refractivity contribution >= 4 is 5.97 Å². The molecule has 0 spiro atoms. The first-order chi connectivity index (χ1) is 18.2. The third-order valence-corrected chi connectivity index (χ3v) is 12.3. The van der Waals surface area contributed by atoms with E-state index in [2.05, 4.69) is 47.6 Å². The summed E-state index contributed by atoms with van der Waals surface area (Å²) in [5.74, 6) is 5.34. The lowest BCUT2D eigenvalue weighted by molar-refractivity contribution is -0.151. The molecule has 0 heterocycles. The number of allylic oxidation sites excluding steroid dienone is 1. The van der Waals surface area contributed by atoms with Crippen molar-refractivity contribution in [2.75, 3.05) is 0 Å². The van der Waals surface area contributed by atoms with Crippen LogP contribution < -0.4 is 0 Å². The smallest absolute Gasteiger partial charge is 0.306 e. The lowest BCUT2D eigenvalue weighted by Gasteiger charge is -2.58. The lowest BCUT2D eigenvalue weighted by atomic mass is 9.47. The Hall–Kier alpha value is -0.790. The van der Waals surface area contributed by atoms with Gasteiger partial charge in [0.2, 0.25) is 0 Å². The maximum absolute atomic E-state index is 12.6. The van der Waals surface area contributed by atoms with E-state index in [-0.39, 0.29) is 12.1 Å². The average Bonchev–Trinajstić information content (AvgIpc) is 3.23. The Morgan fingerprint density at radius 2 is 1.68 bits per heavy atom. The molecular weight excluding hydrogens is 464 g/mol. The molecule has 4 aliphatic carbocycles. The number of carbonyl (C=O) groups excluding carboxylic acids is 1. The van der Waals surface area contributed by atoms with Crippen LogP contribution in [0.25, 0.3) is 0 Å². The molecular formula is C36H62O2. The van der Waals surface area contributed by atoms with Crippen LogP contribution in [0.15, 0.2) is 11.6 Å². The van der Waals surface area contributed by atoms with Gasteiger partial charge in [0.25, 0.3) is 0 Å². The maximum atomic E-state index is 12.6. The summed E-state index contributed by atoms with van der Waals surface area (Å²) >= 11 is 0. The summed E-state index contributed by atoms with van der Waals surface area (Å²) in [6.07, 6.45) is 25.3. The van der Waals surface area contributed by atoms with Gasteiger partial charge in [-0.2, -0.15) is 0 Å². The molecule has 2 nitrogen and oxygen atoms in total. The van der Waals surface area contributed by atoms with Gasteiger partial charge in [0.1, 0.15) is 6.10 Å². The highest BCUT2D eigenvalue weighted by Gasteiger charge is 2.59. The first-order valence-corrected chi connectivity index (χ1v) is 17.1. The predicted molar refractivity (Wildman–Crippen MR) is 161 cm³/mol. The largest absolute Gasteiger partial charge is 0.462 e. The number of fused-ring (bicyclic) bond motifs is 5. The van der Waals surface area contributed by atoms with Gasteiger partial charge in [-0.1, -0.05) is 105 Å². The zero-order chi connectivity index (χ0) is 27.3. The molecule has 4 rings (SSSR count). The minimum atomic E-state index is 0.0522. The normalized spacial score (nSPS) is 37.2. The van der Waals surface area contributed by atoms with E-state index in [4.69, 9.17) is 4.74 Å². The van der Waals surface area contributed by atoms with Crippen molar-refractivity contribution in [1.29, 1.82) is 0 Å². The molecule has 7 unspecified atom stereocenters. The van der Waals surface area contributed by atoms with Crippen molar-refractivity contribution in [2.45, 2.75) is 163 Å². The molecule has 4 aliphatic rings. The lowest BCUT2D eigenvalue weighted by Crippen LogP contribution is -2.51. The minimum Gasteiger partial charge on any atom is -0.462 e. The Balaban J connectivity index is 1.31. The Kier molecular flexibility index (Phi) is 10.5. The van der Waals surface area contributed by atoms with Crippen LogP contribution in [0.5, 0.6) is 0 Å². The van der Waals surface area contributed by atoms with Crippen molar-refractivity contribution in [1.82, 2.24) is 0 Å².